The lowest BCUT2D eigenvalue weighted by atomic mass is 9.88. The molecule has 24 heavy (non-hydrogen) atoms. The molecule has 1 aliphatic carbocycles. The molecule has 2 aromatic rings. The molecule has 2 aliphatic rings. The fourth-order valence-electron chi connectivity index (χ4n) is 4.50. The predicted molar refractivity (Wildman–Crippen MR) is 97.8 cm³/mol. The number of carbonyl (C=O) groups excluding carboxylic acids is 1. The second-order valence-electron chi connectivity index (χ2n) is 7.65. The van der Waals surface area contributed by atoms with Crippen molar-refractivity contribution in [2.45, 2.75) is 44.4 Å². The van der Waals surface area contributed by atoms with Gasteiger partial charge in [-0.2, -0.15) is 0 Å². The number of nitrogen functional groups attached to an aromatic ring is 1. The average Bonchev–Trinajstić information content (AvgIpc) is 3.23. The quantitative estimate of drug-likeness (QED) is 0.694. The summed E-state index contributed by atoms with van der Waals surface area (Å²) in [7, 11) is 2.18. The molecule has 0 spiro atoms. The highest BCUT2D eigenvalue weighted by Crippen LogP contribution is 2.35. The minimum atomic E-state index is 0.231. The number of fused-ring (bicyclic) bond motifs is 1. The van der Waals surface area contributed by atoms with Crippen molar-refractivity contribution in [3.63, 3.8) is 0 Å². The van der Waals surface area contributed by atoms with Crippen LogP contribution in [0.15, 0.2) is 24.4 Å². The van der Waals surface area contributed by atoms with Crippen LogP contribution in [0.1, 0.15) is 60.4 Å². The van der Waals surface area contributed by atoms with Crippen LogP contribution in [0.3, 0.4) is 0 Å². The van der Waals surface area contributed by atoms with Crippen LogP contribution in [0.4, 0.5) is 0 Å². The van der Waals surface area contributed by atoms with Crippen molar-refractivity contribution in [1.29, 1.82) is 0 Å². The number of hydrogen-bond donors (Lipinski definition) is 1. The Morgan fingerprint density at radius 2 is 1.83 bits per heavy atom. The van der Waals surface area contributed by atoms with Gasteiger partial charge in [-0.15, -0.1) is 0 Å². The molecule has 0 atom stereocenters. The summed E-state index contributed by atoms with van der Waals surface area (Å²) in [5.74, 6) is 7.29. The number of ketones is 1. The molecule has 2 fully saturated rings. The first kappa shape index (κ1) is 15.7. The molecule has 1 saturated carbocycles. The fourth-order valence-corrected chi connectivity index (χ4v) is 4.50. The average molecular weight is 325 g/mol. The van der Waals surface area contributed by atoms with Crippen molar-refractivity contribution < 1.29 is 4.79 Å². The summed E-state index contributed by atoms with van der Waals surface area (Å²) in [6.45, 7) is 2.26. The van der Waals surface area contributed by atoms with Crippen LogP contribution in [0.25, 0.3) is 10.9 Å². The zero-order valence-electron chi connectivity index (χ0n) is 14.5. The first-order chi connectivity index (χ1) is 11.6. The van der Waals surface area contributed by atoms with Crippen molar-refractivity contribution in [3.05, 3.63) is 35.5 Å². The molecule has 4 nitrogen and oxygen atoms in total. The summed E-state index contributed by atoms with van der Waals surface area (Å²) in [6.07, 6.45) is 8.89. The molecule has 0 unspecified atom stereocenters. The largest absolute Gasteiger partial charge is 0.339 e. The highest BCUT2D eigenvalue weighted by molar-refractivity contribution is 6.01. The van der Waals surface area contributed by atoms with Crippen LogP contribution in [-0.2, 0) is 0 Å². The van der Waals surface area contributed by atoms with E-state index in [1.165, 1.54) is 23.8 Å². The Hall–Kier alpha value is -1.81. The Bertz CT molecular complexity index is 750. The zero-order chi connectivity index (χ0) is 16.7. The Morgan fingerprint density at radius 1 is 1.12 bits per heavy atom. The minimum Gasteiger partial charge on any atom is -0.339 e. The third kappa shape index (κ3) is 2.73. The van der Waals surface area contributed by atoms with Crippen molar-refractivity contribution in [3.8, 4) is 0 Å². The monoisotopic (exact) mass is 325 g/mol. The smallest absolute Gasteiger partial charge is 0.165 e. The maximum atomic E-state index is 12.8. The molecular weight excluding hydrogens is 298 g/mol. The number of nitrogens with zero attached hydrogens (tertiary/aromatic N) is 2. The van der Waals surface area contributed by atoms with Crippen molar-refractivity contribution >= 4 is 16.7 Å². The highest BCUT2D eigenvalue weighted by Gasteiger charge is 2.26. The van der Waals surface area contributed by atoms with Gasteiger partial charge in [0.1, 0.15) is 0 Å². The van der Waals surface area contributed by atoms with Gasteiger partial charge in [-0.1, -0.05) is 12.8 Å². The van der Waals surface area contributed by atoms with Gasteiger partial charge in [-0.05, 0) is 75.5 Å². The van der Waals surface area contributed by atoms with Gasteiger partial charge in [-0.3, -0.25) is 9.47 Å². The standard InChI is InChI=1S/C20H27N3O/c1-22-10-8-14(9-11-22)18-13-23(21)19-7-6-16(12-17(18)19)20(24)15-4-2-3-5-15/h6-7,12-15H,2-5,8-11,21H2,1H3. The predicted octanol–water partition coefficient (Wildman–Crippen LogP) is 3.54. The van der Waals surface area contributed by atoms with Crippen LogP contribution in [-0.4, -0.2) is 35.5 Å². The third-order valence-corrected chi connectivity index (χ3v) is 6.03. The SMILES string of the molecule is CN1CCC(c2cn(N)c3ccc(C(=O)C4CCCC4)cc23)CC1. The number of likely N-dealkylation sites (tertiary alicyclic amines) is 1. The van der Waals surface area contributed by atoms with Crippen LogP contribution < -0.4 is 5.84 Å². The lowest BCUT2D eigenvalue weighted by molar-refractivity contribution is 0.0923. The fraction of sp³-hybridized carbons (Fsp3) is 0.550. The van der Waals surface area contributed by atoms with Gasteiger partial charge < -0.3 is 10.7 Å². The summed E-state index contributed by atoms with van der Waals surface area (Å²) in [4.78, 5) is 15.2. The van der Waals surface area contributed by atoms with Gasteiger partial charge in [0.25, 0.3) is 0 Å². The Kier molecular flexibility index (Phi) is 4.09. The van der Waals surface area contributed by atoms with Gasteiger partial charge >= 0.3 is 0 Å². The summed E-state index contributed by atoms with van der Waals surface area (Å²) >= 11 is 0. The van der Waals surface area contributed by atoms with Gasteiger partial charge in [0.15, 0.2) is 5.78 Å². The van der Waals surface area contributed by atoms with E-state index < -0.39 is 0 Å². The molecule has 1 saturated heterocycles. The Labute approximate surface area is 143 Å². The van der Waals surface area contributed by atoms with E-state index in [0.29, 0.717) is 11.7 Å². The van der Waals surface area contributed by atoms with E-state index in [0.717, 1.165) is 49.9 Å². The molecular formula is C20H27N3O. The van der Waals surface area contributed by atoms with Crippen molar-refractivity contribution in [1.82, 2.24) is 9.58 Å². The van der Waals surface area contributed by atoms with Crippen LogP contribution >= 0.6 is 0 Å². The topological polar surface area (TPSA) is 51.3 Å². The van der Waals surface area contributed by atoms with Gasteiger partial charge in [0.05, 0.1) is 5.52 Å². The molecule has 128 valence electrons. The van der Waals surface area contributed by atoms with E-state index in [9.17, 15) is 4.79 Å². The minimum absolute atomic E-state index is 0.231. The number of carbonyl (C=O) groups is 1. The van der Waals surface area contributed by atoms with E-state index in [2.05, 4.69) is 24.2 Å². The molecule has 1 aromatic carbocycles. The molecule has 1 aromatic heterocycles. The molecule has 0 amide bonds. The molecule has 0 radical (unpaired) electrons. The number of hydrogen-bond acceptors (Lipinski definition) is 3. The normalized spacial score (nSPS) is 20.9. The van der Waals surface area contributed by atoms with Crippen LogP contribution in [0.2, 0.25) is 0 Å². The van der Waals surface area contributed by atoms with Crippen molar-refractivity contribution in [2.24, 2.45) is 5.92 Å². The molecule has 4 heteroatoms. The van der Waals surface area contributed by atoms with E-state index in [4.69, 9.17) is 5.84 Å². The van der Waals surface area contributed by atoms with E-state index in [1.54, 1.807) is 4.68 Å². The summed E-state index contributed by atoms with van der Waals surface area (Å²) in [6, 6.07) is 6.09. The highest BCUT2D eigenvalue weighted by atomic mass is 16.1. The second kappa shape index (κ2) is 6.25. The Balaban J connectivity index is 1.69. The molecule has 0 bridgehead atoms. The maximum Gasteiger partial charge on any atom is 0.165 e. The summed E-state index contributed by atoms with van der Waals surface area (Å²) < 4.78 is 1.73. The maximum absolute atomic E-state index is 12.8. The van der Waals surface area contributed by atoms with Crippen molar-refractivity contribution in [2.75, 3.05) is 26.0 Å². The van der Waals surface area contributed by atoms with E-state index in [-0.39, 0.29) is 5.92 Å². The van der Waals surface area contributed by atoms with Gasteiger partial charge in [0.2, 0.25) is 0 Å². The van der Waals surface area contributed by atoms with E-state index >= 15 is 0 Å². The van der Waals surface area contributed by atoms with Crippen LogP contribution in [0.5, 0.6) is 0 Å². The number of piperidine rings is 1. The number of aromatic nitrogens is 1. The first-order valence-corrected chi connectivity index (χ1v) is 9.26. The number of nitrogens with two attached hydrogens (primary N) is 1. The molecule has 1 aliphatic heterocycles. The first-order valence-electron chi connectivity index (χ1n) is 9.26. The lowest BCUT2D eigenvalue weighted by Gasteiger charge is -2.28. The zero-order valence-corrected chi connectivity index (χ0v) is 14.5. The molecule has 2 N–H and O–H groups in total. The number of rotatable bonds is 3. The molecule has 2 heterocycles. The summed E-state index contributed by atoms with van der Waals surface area (Å²) in [5.41, 5.74) is 3.23. The lowest BCUT2D eigenvalue weighted by Crippen LogP contribution is -2.29. The molecule has 4 rings (SSSR count). The van der Waals surface area contributed by atoms with Gasteiger partial charge in [0, 0.05) is 23.1 Å². The number of benzene rings is 1. The Morgan fingerprint density at radius 3 is 2.54 bits per heavy atom. The van der Waals surface area contributed by atoms with Crippen LogP contribution in [0, 0.1) is 5.92 Å². The third-order valence-electron chi connectivity index (χ3n) is 6.03. The second-order valence-corrected chi connectivity index (χ2v) is 7.65. The number of Topliss-reactive ketones (excluding diaryl/α,β-unsaturated/α-hetero) is 1. The van der Waals surface area contributed by atoms with E-state index in [1.807, 2.05) is 12.1 Å². The summed E-state index contributed by atoms with van der Waals surface area (Å²) in [5, 5.41) is 1.18. The van der Waals surface area contributed by atoms with Gasteiger partial charge in [-0.25, -0.2) is 0 Å².